The molecule has 1 amide bonds. The summed E-state index contributed by atoms with van der Waals surface area (Å²) in [6.07, 6.45) is 4.33. The fourth-order valence-electron chi connectivity index (χ4n) is 5.15. The normalized spacial score (nSPS) is 19.2. The molecule has 1 N–H and O–H groups in total. The van der Waals surface area contributed by atoms with Crippen molar-refractivity contribution in [2.75, 3.05) is 31.1 Å². The number of H-pyrrole nitrogens is 1. The Balaban J connectivity index is 1.33. The summed E-state index contributed by atoms with van der Waals surface area (Å²) in [6, 6.07) is 18.2. The van der Waals surface area contributed by atoms with Gasteiger partial charge in [-0.05, 0) is 49.9 Å². The average molecular weight is 426 g/mol. The monoisotopic (exact) mass is 425 g/mol. The van der Waals surface area contributed by atoms with Gasteiger partial charge in [0, 0.05) is 37.5 Å². The van der Waals surface area contributed by atoms with Crippen LogP contribution in [0.1, 0.15) is 47.8 Å². The molecule has 0 aliphatic carbocycles. The summed E-state index contributed by atoms with van der Waals surface area (Å²) in [5.41, 5.74) is 3.72. The number of aromatic nitrogens is 3. The van der Waals surface area contributed by atoms with E-state index < -0.39 is 0 Å². The molecule has 2 aromatic carbocycles. The highest BCUT2D eigenvalue weighted by molar-refractivity contribution is 6.02. The molecule has 0 bridgehead atoms. The molecule has 6 rings (SSSR count). The first-order valence-corrected chi connectivity index (χ1v) is 11.6. The molecule has 4 heterocycles. The molecule has 0 saturated carbocycles. The first kappa shape index (κ1) is 19.3. The van der Waals surface area contributed by atoms with Gasteiger partial charge < -0.3 is 14.8 Å². The zero-order chi connectivity index (χ0) is 21.5. The fourth-order valence-corrected chi connectivity index (χ4v) is 5.15. The number of carbonyl (C=O) groups excluding carboxylic acids is 1. The number of hydrogen-bond donors (Lipinski definition) is 1. The molecule has 0 radical (unpaired) electrons. The van der Waals surface area contributed by atoms with E-state index >= 15 is 0 Å². The van der Waals surface area contributed by atoms with E-state index in [1.807, 2.05) is 53.4 Å². The summed E-state index contributed by atoms with van der Waals surface area (Å²) >= 11 is 0. The summed E-state index contributed by atoms with van der Waals surface area (Å²) in [5.74, 6) is 2.15. The highest BCUT2D eigenvalue weighted by atomic mass is 16.2. The van der Waals surface area contributed by atoms with Gasteiger partial charge in [-0.2, -0.15) is 0 Å². The molecule has 1 atom stereocenters. The molecule has 0 spiro atoms. The van der Waals surface area contributed by atoms with Crippen LogP contribution in [-0.2, 0) is 0 Å². The first-order chi connectivity index (χ1) is 15.8. The number of imidazole rings is 1. The fraction of sp³-hybridized carbons (Fsp3) is 0.346. The van der Waals surface area contributed by atoms with E-state index in [4.69, 9.17) is 9.97 Å². The maximum Gasteiger partial charge on any atom is 0.257 e. The molecular weight excluding hydrogens is 398 g/mol. The summed E-state index contributed by atoms with van der Waals surface area (Å²) < 4.78 is 0. The lowest BCUT2D eigenvalue weighted by Gasteiger charge is -2.33. The maximum atomic E-state index is 13.8. The van der Waals surface area contributed by atoms with Crippen LogP contribution in [0, 0.1) is 0 Å². The minimum absolute atomic E-state index is 0.0889. The van der Waals surface area contributed by atoms with E-state index in [-0.39, 0.29) is 11.8 Å². The predicted octanol–water partition coefficient (Wildman–Crippen LogP) is 4.73. The molecular formula is C26H27N5O. The van der Waals surface area contributed by atoms with Gasteiger partial charge >= 0.3 is 0 Å². The number of benzene rings is 2. The quantitative estimate of drug-likeness (QED) is 0.515. The lowest BCUT2D eigenvalue weighted by molar-refractivity contribution is 0.0705. The van der Waals surface area contributed by atoms with Crippen molar-refractivity contribution in [2.24, 2.45) is 0 Å². The van der Waals surface area contributed by atoms with Crippen LogP contribution in [0.2, 0.25) is 0 Å². The van der Waals surface area contributed by atoms with Gasteiger partial charge in [-0.3, -0.25) is 4.79 Å². The van der Waals surface area contributed by atoms with Gasteiger partial charge in [-0.1, -0.05) is 30.3 Å². The molecule has 4 aromatic rings. The summed E-state index contributed by atoms with van der Waals surface area (Å²) in [4.78, 5) is 31.3. The topological polar surface area (TPSA) is 65.1 Å². The van der Waals surface area contributed by atoms with E-state index in [0.717, 1.165) is 84.5 Å². The number of aromatic amines is 1. The average Bonchev–Trinajstić information content (AvgIpc) is 3.53. The molecule has 6 nitrogen and oxygen atoms in total. The van der Waals surface area contributed by atoms with E-state index in [1.165, 1.54) is 0 Å². The smallest absolute Gasteiger partial charge is 0.257 e. The molecule has 32 heavy (non-hydrogen) atoms. The summed E-state index contributed by atoms with van der Waals surface area (Å²) in [6.45, 7) is 3.40. The number of fused-ring (bicyclic) bond motifs is 2. The second kappa shape index (κ2) is 7.93. The molecule has 2 saturated heterocycles. The maximum absolute atomic E-state index is 13.8. The number of para-hydroxylation sites is 3. The van der Waals surface area contributed by atoms with Crippen molar-refractivity contribution >= 4 is 33.7 Å². The van der Waals surface area contributed by atoms with Gasteiger partial charge in [0.25, 0.3) is 5.91 Å². The number of nitrogens with one attached hydrogen (secondary N) is 1. The number of likely N-dealkylation sites (tertiary alicyclic amines) is 1. The van der Waals surface area contributed by atoms with Gasteiger partial charge in [0.05, 0.1) is 22.1 Å². The van der Waals surface area contributed by atoms with Crippen LogP contribution in [0.5, 0.6) is 0 Å². The zero-order valence-electron chi connectivity index (χ0n) is 18.1. The Morgan fingerprint density at radius 3 is 2.53 bits per heavy atom. The van der Waals surface area contributed by atoms with Crippen molar-refractivity contribution in [1.82, 2.24) is 19.9 Å². The van der Waals surface area contributed by atoms with E-state index in [2.05, 4.69) is 16.0 Å². The SMILES string of the molecule is O=C(c1cc2ccccc2nc1N1CCCC1)N1CCCC(c2nc3ccccc3[nH]2)C1. The number of piperidine rings is 1. The highest BCUT2D eigenvalue weighted by Crippen LogP contribution is 2.31. The molecule has 2 fully saturated rings. The lowest BCUT2D eigenvalue weighted by atomic mass is 9.96. The van der Waals surface area contributed by atoms with Crippen LogP contribution in [0.4, 0.5) is 5.82 Å². The molecule has 2 aromatic heterocycles. The lowest BCUT2D eigenvalue weighted by Crippen LogP contribution is -2.40. The Kier molecular flexibility index (Phi) is 4.78. The number of pyridine rings is 1. The Morgan fingerprint density at radius 2 is 1.69 bits per heavy atom. The number of amides is 1. The third kappa shape index (κ3) is 3.40. The molecule has 2 aliphatic heterocycles. The van der Waals surface area contributed by atoms with Crippen molar-refractivity contribution in [2.45, 2.75) is 31.6 Å². The van der Waals surface area contributed by atoms with Crippen LogP contribution in [-0.4, -0.2) is 51.9 Å². The third-order valence-corrected chi connectivity index (χ3v) is 6.84. The van der Waals surface area contributed by atoms with E-state index in [9.17, 15) is 4.79 Å². The van der Waals surface area contributed by atoms with E-state index in [0.29, 0.717) is 6.54 Å². The van der Waals surface area contributed by atoms with E-state index in [1.54, 1.807) is 0 Å². The second-order valence-electron chi connectivity index (χ2n) is 8.98. The molecule has 1 unspecified atom stereocenters. The predicted molar refractivity (Wildman–Crippen MR) is 127 cm³/mol. The number of hydrogen-bond acceptors (Lipinski definition) is 4. The third-order valence-electron chi connectivity index (χ3n) is 6.84. The molecule has 6 heteroatoms. The number of anilines is 1. The van der Waals surface area contributed by atoms with Gasteiger partial charge in [-0.15, -0.1) is 0 Å². The van der Waals surface area contributed by atoms with Gasteiger partial charge in [0.15, 0.2) is 0 Å². The van der Waals surface area contributed by atoms with Crippen molar-refractivity contribution < 1.29 is 4.79 Å². The number of nitrogens with zero attached hydrogens (tertiary/aromatic N) is 4. The Labute approximate surface area is 187 Å². The Morgan fingerprint density at radius 1 is 0.906 bits per heavy atom. The molecule has 162 valence electrons. The Bertz CT molecular complexity index is 1260. The minimum Gasteiger partial charge on any atom is -0.356 e. The zero-order valence-corrected chi connectivity index (χ0v) is 18.1. The summed E-state index contributed by atoms with van der Waals surface area (Å²) in [7, 11) is 0. The minimum atomic E-state index is 0.0889. The number of rotatable bonds is 3. The van der Waals surface area contributed by atoms with Crippen LogP contribution in [0.3, 0.4) is 0 Å². The molecule has 2 aliphatic rings. The second-order valence-corrected chi connectivity index (χ2v) is 8.98. The van der Waals surface area contributed by atoms with Gasteiger partial charge in [0.1, 0.15) is 11.6 Å². The largest absolute Gasteiger partial charge is 0.356 e. The number of carbonyl (C=O) groups is 1. The van der Waals surface area contributed by atoms with Gasteiger partial charge in [0.2, 0.25) is 0 Å². The van der Waals surface area contributed by atoms with Crippen molar-refractivity contribution in [1.29, 1.82) is 0 Å². The van der Waals surface area contributed by atoms with Crippen LogP contribution < -0.4 is 4.90 Å². The first-order valence-electron chi connectivity index (χ1n) is 11.6. The van der Waals surface area contributed by atoms with Crippen LogP contribution >= 0.6 is 0 Å². The van der Waals surface area contributed by atoms with Gasteiger partial charge in [-0.25, -0.2) is 9.97 Å². The van der Waals surface area contributed by atoms with Crippen LogP contribution in [0.25, 0.3) is 21.9 Å². The van der Waals surface area contributed by atoms with Crippen LogP contribution in [0.15, 0.2) is 54.6 Å². The van der Waals surface area contributed by atoms with Crippen molar-refractivity contribution in [3.8, 4) is 0 Å². The standard InChI is InChI=1S/C26H27N5O/c32-26(20-16-18-8-1-2-10-21(18)29-25(20)30-13-5-6-14-30)31-15-7-9-19(17-31)24-27-22-11-3-4-12-23(22)28-24/h1-4,8,10-12,16,19H,5-7,9,13-15,17H2,(H,27,28). The van der Waals surface area contributed by atoms with Crippen molar-refractivity contribution in [3.05, 3.63) is 66.0 Å². The summed E-state index contributed by atoms with van der Waals surface area (Å²) in [5, 5.41) is 1.02. The Hall–Kier alpha value is -3.41. The van der Waals surface area contributed by atoms with Crippen molar-refractivity contribution in [3.63, 3.8) is 0 Å². The highest BCUT2D eigenvalue weighted by Gasteiger charge is 2.30.